The van der Waals surface area contributed by atoms with Gasteiger partial charge in [-0.15, -0.1) is 10.2 Å². The number of rotatable bonds is 7. The van der Waals surface area contributed by atoms with Gasteiger partial charge in [-0.1, -0.05) is 17.7 Å². The fraction of sp³-hybridized carbons (Fsp3) is 0.400. The first-order valence-corrected chi connectivity index (χ1v) is 7.07. The van der Waals surface area contributed by atoms with Gasteiger partial charge in [-0.3, -0.25) is 4.79 Å². The number of hydrogen-bond acceptors (Lipinski definition) is 5. The number of aliphatic hydroxyl groups is 1. The van der Waals surface area contributed by atoms with Crippen LogP contribution in [0, 0.1) is 6.92 Å². The first-order valence-electron chi connectivity index (χ1n) is 7.07. The average Bonchev–Trinajstić information content (AvgIpc) is 2.96. The minimum Gasteiger partial charge on any atom is -0.390 e. The average molecular weight is 304 g/mol. The summed E-state index contributed by atoms with van der Waals surface area (Å²) in [5.74, 6) is -0.349. The van der Waals surface area contributed by atoms with Gasteiger partial charge in [0.1, 0.15) is 5.69 Å². The Hall–Kier alpha value is -2.25. The SMILES string of the molecule is COCCCNC(=O)c1nn(-c2ccc(C)cc2)nc1CO. The maximum Gasteiger partial charge on any atom is 0.273 e. The Labute approximate surface area is 128 Å². The van der Waals surface area contributed by atoms with Gasteiger partial charge >= 0.3 is 0 Å². The molecule has 0 saturated carbocycles. The monoisotopic (exact) mass is 304 g/mol. The van der Waals surface area contributed by atoms with Gasteiger partial charge in [-0.25, -0.2) is 0 Å². The minimum atomic E-state index is -0.349. The zero-order chi connectivity index (χ0) is 15.9. The van der Waals surface area contributed by atoms with E-state index in [-0.39, 0.29) is 23.9 Å². The molecule has 0 unspecified atom stereocenters. The Morgan fingerprint density at radius 3 is 2.68 bits per heavy atom. The minimum absolute atomic E-state index is 0.139. The summed E-state index contributed by atoms with van der Waals surface area (Å²) in [4.78, 5) is 13.5. The standard InChI is InChI=1S/C15H20N4O3/c1-11-4-6-12(7-5-11)19-17-13(10-20)14(18-19)15(21)16-8-3-9-22-2/h4-7,20H,3,8-10H2,1-2H3,(H,16,21). The van der Waals surface area contributed by atoms with E-state index in [0.29, 0.717) is 19.6 Å². The first kappa shape index (κ1) is 16.1. The number of methoxy groups -OCH3 is 1. The third-order valence-corrected chi connectivity index (χ3v) is 3.12. The second-order valence-corrected chi connectivity index (χ2v) is 4.88. The van der Waals surface area contributed by atoms with Gasteiger partial charge in [0.05, 0.1) is 12.3 Å². The largest absolute Gasteiger partial charge is 0.390 e. The number of hydrogen-bond donors (Lipinski definition) is 2. The van der Waals surface area contributed by atoms with Gasteiger partial charge < -0.3 is 15.2 Å². The van der Waals surface area contributed by atoms with E-state index in [9.17, 15) is 9.90 Å². The lowest BCUT2D eigenvalue weighted by Gasteiger charge is -2.02. The molecule has 7 heteroatoms. The van der Waals surface area contributed by atoms with Crippen LogP contribution in [0.2, 0.25) is 0 Å². The molecule has 2 rings (SSSR count). The summed E-state index contributed by atoms with van der Waals surface area (Å²) in [6, 6.07) is 7.58. The number of aliphatic hydroxyl groups excluding tert-OH is 1. The number of aromatic nitrogens is 3. The van der Waals surface area contributed by atoms with Crippen LogP contribution in [-0.2, 0) is 11.3 Å². The van der Waals surface area contributed by atoms with E-state index in [2.05, 4.69) is 15.5 Å². The number of aryl methyl sites for hydroxylation is 1. The summed E-state index contributed by atoms with van der Waals surface area (Å²) in [5.41, 5.74) is 2.25. The third-order valence-electron chi connectivity index (χ3n) is 3.12. The number of amides is 1. The van der Waals surface area contributed by atoms with Crippen molar-refractivity contribution >= 4 is 5.91 Å². The molecule has 0 fully saturated rings. The molecule has 0 atom stereocenters. The maximum absolute atomic E-state index is 12.1. The Balaban J connectivity index is 2.14. The van der Waals surface area contributed by atoms with Crippen molar-refractivity contribution in [3.63, 3.8) is 0 Å². The van der Waals surface area contributed by atoms with Crippen molar-refractivity contribution in [3.05, 3.63) is 41.2 Å². The lowest BCUT2D eigenvalue weighted by molar-refractivity contribution is 0.0940. The van der Waals surface area contributed by atoms with Crippen LogP contribution in [0.25, 0.3) is 5.69 Å². The predicted octanol–water partition coefficient (Wildman–Crippen LogP) is 0.834. The van der Waals surface area contributed by atoms with Gasteiger partial charge in [-0.05, 0) is 25.5 Å². The van der Waals surface area contributed by atoms with Crippen molar-refractivity contribution < 1.29 is 14.6 Å². The molecule has 0 radical (unpaired) electrons. The predicted molar refractivity (Wildman–Crippen MR) is 80.8 cm³/mol. The van der Waals surface area contributed by atoms with Gasteiger partial charge in [0, 0.05) is 20.3 Å². The molecule has 1 aromatic carbocycles. The Morgan fingerprint density at radius 2 is 2.05 bits per heavy atom. The highest BCUT2D eigenvalue weighted by Gasteiger charge is 2.18. The number of benzene rings is 1. The Morgan fingerprint density at radius 1 is 1.32 bits per heavy atom. The van der Waals surface area contributed by atoms with Crippen molar-refractivity contribution in [2.75, 3.05) is 20.3 Å². The van der Waals surface area contributed by atoms with E-state index in [1.54, 1.807) is 7.11 Å². The second-order valence-electron chi connectivity index (χ2n) is 4.88. The number of carbonyl (C=O) groups is 1. The third kappa shape index (κ3) is 3.90. The molecule has 1 heterocycles. The number of ether oxygens (including phenoxy) is 1. The van der Waals surface area contributed by atoms with E-state index in [0.717, 1.165) is 11.3 Å². The maximum atomic E-state index is 12.1. The number of nitrogens with zero attached hydrogens (tertiary/aromatic N) is 3. The fourth-order valence-corrected chi connectivity index (χ4v) is 1.92. The van der Waals surface area contributed by atoms with Crippen LogP contribution < -0.4 is 5.32 Å². The number of nitrogens with one attached hydrogen (secondary N) is 1. The van der Waals surface area contributed by atoms with Gasteiger partial charge in [-0.2, -0.15) is 4.80 Å². The molecule has 0 spiro atoms. The van der Waals surface area contributed by atoms with E-state index in [4.69, 9.17) is 4.74 Å². The Kier molecular flexibility index (Phi) is 5.62. The van der Waals surface area contributed by atoms with Crippen molar-refractivity contribution in [2.24, 2.45) is 0 Å². The van der Waals surface area contributed by atoms with Crippen LogP contribution in [-0.4, -0.2) is 46.3 Å². The van der Waals surface area contributed by atoms with Crippen molar-refractivity contribution in [1.29, 1.82) is 0 Å². The number of carbonyl (C=O) groups excluding carboxylic acids is 1. The fourth-order valence-electron chi connectivity index (χ4n) is 1.92. The van der Waals surface area contributed by atoms with Crippen molar-refractivity contribution in [1.82, 2.24) is 20.3 Å². The molecular weight excluding hydrogens is 284 g/mol. The Bertz CT molecular complexity index is 622. The van der Waals surface area contributed by atoms with E-state index < -0.39 is 0 Å². The lowest BCUT2D eigenvalue weighted by Crippen LogP contribution is -2.26. The summed E-state index contributed by atoms with van der Waals surface area (Å²) in [7, 11) is 1.61. The molecule has 2 N–H and O–H groups in total. The van der Waals surface area contributed by atoms with Gasteiger partial charge in [0.2, 0.25) is 0 Å². The molecule has 118 valence electrons. The smallest absolute Gasteiger partial charge is 0.273 e. The van der Waals surface area contributed by atoms with Crippen LogP contribution in [0.5, 0.6) is 0 Å². The van der Waals surface area contributed by atoms with E-state index in [1.807, 2.05) is 31.2 Å². The highest BCUT2D eigenvalue weighted by Crippen LogP contribution is 2.10. The van der Waals surface area contributed by atoms with Gasteiger partial charge in [0.15, 0.2) is 5.69 Å². The van der Waals surface area contributed by atoms with E-state index >= 15 is 0 Å². The molecule has 0 saturated heterocycles. The molecule has 0 bridgehead atoms. The zero-order valence-corrected chi connectivity index (χ0v) is 12.7. The summed E-state index contributed by atoms with van der Waals surface area (Å²) in [6.07, 6.45) is 0.711. The molecule has 7 nitrogen and oxygen atoms in total. The molecule has 1 amide bonds. The topological polar surface area (TPSA) is 89.3 Å². The highest BCUT2D eigenvalue weighted by atomic mass is 16.5. The van der Waals surface area contributed by atoms with Crippen LogP contribution in [0.15, 0.2) is 24.3 Å². The van der Waals surface area contributed by atoms with Crippen LogP contribution in [0.4, 0.5) is 0 Å². The van der Waals surface area contributed by atoms with Crippen molar-refractivity contribution in [3.8, 4) is 5.69 Å². The summed E-state index contributed by atoms with van der Waals surface area (Å²) >= 11 is 0. The summed E-state index contributed by atoms with van der Waals surface area (Å²) < 4.78 is 4.92. The molecular formula is C15H20N4O3. The first-order chi connectivity index (χ1) is 10.7. The zero-order valence-electron chi connectivity index (χ0n) is 12.7. The van der Waals surface area contributed by atoms with Crippen LogP contribution >= 0.6 is 0 Å². The molecule has 1 aromatic heterocycles. The van der Waals surface area contributed by atoms with Crippen LogP contribution in [0.3, 0.4) is 0 Å². The molecule has 0 aliphatic carbocycles. The summed E-state index contributed by atoms with van der Waals surface area (Å²) in [5, 5.41) is 20.4. The van der Waals surface area contributed by atoms with Crippen LogP contribution in [0.1, 0.15) is 28.2 Å². The molecule has 0 aliphatic heterocycles. The van der Waals surface area contributed by atoms with E-state index in [1.165, 1.54) is 4.80 Å². The molecule has 0 aliphatic rings. The highest BCUT2D eigenvalue weighted by molar-refractivity contribution is 5.93. The quantitative estimate of drug-likeness (QED) is 0.740. The summed E-state index contributed by atoms with van der Waals surface area (Å²) in [6.45, 7) is 2.70. The lowest BCUT2D eigenvalue weighted by atomic mass is 10.2. The molecule has 2 aromatic rings. The van der Waals surface area contributed by atoms with Gasteiger partial charge in [0.25, 0.3) is 5.91 Å². The second kappa shape index (κ2) is 7.67. The molecule has 22 heavy (non-hydrogen) atoms. The normalized spacial score (nSPS) is 10.7. The van der Waals surface area contributed by atoms with Crippen molar-refractivity contribution in [2.45, 2.75) is 20.0 Å².